The van der Waals surface area contributed by atoms with Crippen LogP contribution in [0.2, 0.25) is 5.04 Å². The summed E-state index contributed by atoms with van der Waals surface area (Å²) in [5, 5.41) is 12.3. The summed E-state index contributed by atoms with van der Waals surface area (Å²) in [7, 11) is 0.0354. The summed E-state index contributed by atoms with van der Waals surface area (Å²) >= 11 is 0. The number of carbonyl (C=O) groups is 3. The molecule has 0 heterocycles. The molecule has 0 fully saturated rings. The van der Waals surface area contributed by atoms with Gasteiger partial charge in [-0.3, -0.25) is 9.69 Å². The number of fused-ring (bicyclic) bond motifs is 3. The molecule has 0 unspecified atom stereocenters. The van der Waals surface area contributed by atoms with Crippen molar-refractivity contribution in [3.8, 4) is 11.1 Å². The molecule has 8 nitrogen and oxygen atoms in total. The summed E-state index contributed by atoms with van der Waals surface area (Å²) in [5.41, 5.74) is 4.42. The molecule has 1 aliphatic rings. The van der Waals surface area contributed by atoms with Crippen LogP contribution in [0.3, 0.4) is 0 Å². The third kappa shape index (κ3) is 6.98. The van der Waals surface area contributed by atoms with Gasteiger partial charge in [0.1, 0.15) is 18.7 Å². The highest BCUT2D eigenvalue weighted by Gasteiger charge is 2.51. The van der Waals surface area contributed by atoms with Crippen molar-refractivity contribution >= 4 is 36.7 Å². The first-order valence-corrected chi connectivity index (χ1v) is 19.0. The third-order valence-corrected chi connectivity index (χ3v) is 15.1. The lowest BCUT2D eigenvalue weighted by atomic mass is 9.98. The second kappa shape index (κ2) is 15.0. The molecule has 1 aliphatic carbocycles. The van der Waals surface area contributed by atoms with Crippen LogP contribution in [0.15, 0.2) is 109 Å². The molecule has 0 spiro atoms. The lowest BCUT2D eigenvalue weighted by Gasteiger charge is -2.44. The molecule has 2 amide bonds. The number of ether oxygens (including phenoxy) is 1. The molecular formula is C41H48N2O6Si. The Morgan fingerprint density at radius 1 is 0.740 bits per heavy atom. The maximum atomic E-state index is 13.8. The van der Waals surface area contributed by atoms with Gasteiger partial charge in [0.2, 0.25) is 5.91 Å². The van der Waals surface area contributed by atoms with Gasteiger partial charge in [0, 0.05) is 32.5 Å². The van der Waals surface area contributed by atoms with Crippen molar-refractivity contribution < 1.29 is 28.7 Å². The van der Waals surface area contributed by atoms with Gasteiger partial charge in [-0.05, 0) is 44.6 Å². The van der Waals surface area contributed by atoms with Gasteiger partial charge in [0.05, 0.1) is 0 Å². The molecule has 5 rings (SSSR count). The fourth-order valence-electron chi connectivity index (χ4n) is 7.35. The zero-order chi connectivity index (χ0) is 36.2. The largest absolute Gasteiger partial charge is 0.480 e. The van der Waals surface area contributed by atoms with Crippen LogP contribution >= 0.6 is 0 Å². The SMILES string of the molecule is C[C@H](CO[Si](c1ccccc1)(c1ccccc1)C(C)(C)C)[C@@H](C(=O)O)N(C)C(=O)[C@@H](C)N(C)C(=O)OCC1c2ccccc2-c2ccccc21. The van der Waals surface area contributed by atoms with Crippen molar-refractivity contribution in [1.29, 1.82) is 0 Å². The lowest BCUT2D eigenvalue weighted by molar-refractivity contribution is -0.153. The molecule has 0 aliphatic heterocycles. The van der Waals surface area contributed by atoms with E-state index in [-0.39, 0.29) is 24.2 Å². The van der Waals surface area contributed by atoms with Gasteiger partial charge in [0.25, 0.3) is 8.32 Å². The summed E-state index contributed by atoms with van der Waals surface area (Å²) in [6.07, 6.45) is -0.656. The summed E-state index contributed by atoms with van der Waals surface area (Å²) in [4.78, 5) is 42.4. The Labute approximate surface area is 296 Å². The first kappa shape index (κ1) is 36.5. The van der Waals surface area contributed by atoms with Crippen LogP contribution in [0.4, 0.5) is 4.79 Å². The summed E-state index contributed by atoms with van der Waals surface area (Å²) in [6, 6.07) is 34.3. The molecule has 0 aromatic heterocycles. The van der Waals surface area contributed by atoms with Crippen LogP contribution in [0, 0.1) is 5.92 Å². The van der Waals surface area contributed by atoms with Crippen molar-refractivity contribution in [2.24, 2.45) is 5.92 Å². The lowest BCUT2D eigenvalue weighted by Crippen LogP contribution is -2.67. The molecule has 0 saturated heterocycles. The van der Waals surface area contributed by atoms with Gasteiger partial charge < -0.3 is 19.2 Å². The number of carboxylic acids is 1. The van der Waals surface area contributed by atoms with Gasteiger partial charge >= 0.3 is 12.1 Å². The molecule has 0 saturated carbocycles. The predicted octanol–water partition coefficient (Wildman–Crippen LogP) is 6.38. The molecule has 0 radical (unpaired) electrons. The maximum absolute atomic E-state index is 13.8. The molecule has 4 aromatic rings. The molecule has 3 atom stereocenters. The van der Waals surface area contributed by atoms with Gasteiger partial charge in [-0.2, -0.15) is 0 Å². The van der Waals surface area contributed by atoms with E-state index in [1.54, 1.807) is 13.8 Å². The van der Waals surface area contributed by atoms with Crippen LogP contribution in [0.1, 0.15) is 51.7 Å². The van der Waals surface area contributed by atoms with E-state index in [0.717, 1.165) is 32.6 Å². The van der Waals surface area contributed by atoms with Crippen LogP contribution in [0.5, 0.6) is 0 Å². The van der Waals surface area contributed by atoms with Crippen molar-refractivity contribution in [2.45, 2.75) is 57.7 Å². The molecule has 50 heavy (non-hydrogen) atoms. The van der Waals surface area contributed by atoms with Crippen molar-refractivity contribution in [1.82, 2.24) is 9.80 Å². The summed E-state index contributed by atoms with van der Waals surface area (Å²) < 4.78 is 12.8. The number of carboxylic acid groups (broad SMARTS) is 1. The molecule has 262 valence electrons. The van der Waals surface area contributed by atoms with Crippen molar-refractivity contribution in [2.75, 3.05) is 27.3 Å². The van der Waals surface area contributed by atoms with Crippen LogP contribution in [0.25, 0.3) is 11.1 Å². The van der Waals surface area contributed by atoms with E-state index in [2.05, 4.69) is 57.2 Å². The van der Waals surface area contributed by atoms with Gasteiger partial charge in [-0.15, -0.1) is 0 Å². The fourth-order valence-corrected chi connectivity index (χ4v) is 12.0. The number of likely N-dealkylation sites (N-methyl/N-ethyl adjacent to an activating group) is 2. The number of amides is 2. The highest BCUT2D eigenvalue weighted by molar-refractivity contribution is 6.99. The first-order valence-electron chi connectivity index (χ1n) is 17.1. The molecule has 0 bridgehead atoms. The van der Waals surface area contributed by atoms with E-state index in [4.69, 9.17) is 9.16 Å². The smallest absolute Gasteiger partial charge is 0.410 e. The second-order valence-electron chi connectivity index (χ2n) is 14.3. The van der Waals surface area contributed by atoms with Crippen molar-refractivity contribution in [3.63, 3.8) is 0 Å². The van der Waals surface area contributed by atoms with Crippen LogP contribution in [-0.2, 0) is 18.8 Å². The van der Waals surface area contributed by atoms with E-state index < -0.39 is 44.3 Å². The van der Waals surface area contributed by atoms with Gasteiger partial charge in [-0.1, -0.05) is 137 Å². The standard InChI is InChI=1S/C41H48N2O6Si/c1-28(26-49-50(41(3,4)5,30-18-10-8-11-19-30)31-20-12-9-13-21-31)37(39(45)46)43(7)38(44)29(2)42(6)40(47)48-27-36-34-24-16-14-22-32(34)33-23-15-17-25-35(33)36/h8-25,28-29,36-37H,26-27H2,1-7H3,(H,45,46)/t28-,29-,37+/m1/s1. The number of carbonyl (C=O) groups excluding carboxylic acids is 2. The Balaban J connectivity index is 1.29. The summed E-state index contributed by atoms with van der Waals surface area (Å²) in [5.74, 6) is -2.35. The van der Waals surface area contributed by atoms with E-state index >= 15 is 0 Å². The average molecular weight is 693 g/mol. The Morgan fingerprint density at radius 3 is 1.66 bits per heavy atom. The van der Waals surface area contributed by atoms with E-state index in [1.165, 1.54) is 23.9 Å². The molecule has 9 heteroatoms. The number of benzene rings is 4. The molecule has 1 N–H and O–H groups in total. The maximum Gasteiger partial charge on any atom is 0.410 e. The zero-order valence-electron chi connectivity index (χ0n) is 30.0. The van der Waals surface area contributed by atoms with Crippen molar-refractivity contribution in [3.05, 3.63) is 120 Å². The number of rotatable bonds is 12. The highest BCUT2D eigenvalue weighted by atomic mass is 28.4. The number of hydrogen-bond acceptors (Lipinski definition) is 5. The number of hydrogen-bond donors (Lipinski definition) is 1. The Bertz CT molecular complexity index is 1720. The normalized spacial score (nSPS) is 14.5. The van der Waals surface area contributed by atoms with E-state index in [0.29, 0.717) is 0 Å². The Kier molecular flexibility index (Phi) is 11.0. The molecular weight excluding hydrogens is 645 g/mol. The highest BCUT2D eigenvalue weighted by Crippen LogP contribution is 2.44. The minimum absolute atomic E-state index is 0.110. The Morgan fingerprint density at radius 2 is 1.20 bits per heavy atom. The van der Waals surface area contributed by atoms with E-state index in [1.807, 2.05) is 72.8 Å². The van der Waals surface area contributed by atoms with E-state index in [9.17, 15) is 19.5 Å². The third-order valence-electron chi connectivity index (χ3n) is 10.1. The average Bonchev–Trinajstić information content (AvgIpc) is 3.43. The predicted molar refractivity (Wildman–Crippen MR) is 199 cm³/mol. The monoisotopic (exact) mass is 692 g/mol. The minimum Gasteiger partial charge on any atom is -0.480 e. The second-order valence-corrected chi connectivity index (χ2v) is 18.6. The minimum atomic E-state index is -2.94. The number of aliphatic carboxylic acids is 1. The fraction of sp³-hybridized carbons (Fsp3) is 0.341. The van der Waals surface area contributed by atoms with Gasteiger partial charge in [0.15, 0.2) is 0 Å². The molecule has 4 aromatic carbocycles. The van der Waals surface area contributed by atoms with Crippen LogP contribution in [-0.4, -0.2) is 80.6 Å². The van der Waals surface area contributed by atoms with Crippen LogP contribution < -0.4 is 10.4 Å². The topological polar surface area (TPSA) is 96.4 Å². The first-order chi connectivity index (χ1) is 23.8. The quantitative estimate of drug-likeness (QED) is 0.173. The zero-order valence-corrected chi connectivity index (χ0v) is 31.0. The Hall–Kier alpha value is -4.73. The summed E-state index contributed by atoms with van der Waals surface area (Å²) in [6.45, 7) is 10.1. The van der Waals surface area contributed by atoms with Gasteiger partial charge in [-0.25, -0.2) is 9.59 Å². The number of nitrogens with zero attached hydrogens (tertiary/aromatic N) is 2.